The van der Waals surface area contributed by atoms with E-state index >= 15 is 0 Å². The lowest BCUT2D eigenvalue weighted by Crippen LogP contribution is -2.13. The minimum absolute atomic E-state index is 0.0910. The first-order valence-corrected chi connectivity index (χ1v) is 9.57. The molecule has 0 radical (unpaired) electrons. The lowest BCUT2D eigenvalue weighted by molar-refractivity contribution is 0.103. The molecule has 0 aromatic heterocycles. The zero-order valence-corrected chi connectivity index (χ0v) is 16.2. The van der Waals surface area contributed by atoms with E-state index in [1.54, 1.807) is 30.3 Å². The van der Waals surface area contributed by atoms with Crippen molar-refractivity contribution in [1.82, 2.24) is 0 Å². The zero-order valence-electron chi connectivity index (χ0n) is 16.2. The number of hydrogen-bond donors (Lipinski definition) is 3. The van der Waals surface area contributed by atoms with Crippen LogP contribution in [0.15, 0.2) is 72.8 Å². The van der Waals surface area contributed by atoms with E-state index in [1.807, 2.05) is 30.3 Å². The Morgan fingerprint density at radius 1 is 0.897 bits per heavy atom. The number of carbonyl (C=O) groups is 1. The predicted octanol–water partition coefficient (Wildman–Crippen LogP) is 3.67. The average molecular weight is 387 g/mol. The van der Waals surface area contributed by atoms with E-state index in [9.17, 15) is 4.79 Å². The Balaban J connectivity index is 1.81. The topological polar surface area (TPSA) is 102 Å². The molecule has 29 heavy (non-hydrogen) atoms. The zero-order chi connectivity index (χ0) is 20.6. The quantitative estimate of drug-likeness (QED) is 0.296. The molecule has 0 bridgehead atoms. The third kappa shape index (κ3) is 5.30. The second-order valence-electron chi connectivity index (χ2n) is 6.82. The molecule has 3 aromatic rings. The highest BCUT2D eigenvalue weighted by Crippen LogP contribution is 2.24. The van der Waals surface area contributed by atoms with Crippen LogP contribution < -0.4 is 16.2 Å². The molecule has 3 rings (SSSR count). The molecule has 0 unspecified atom stereocenters. The summed E-state index contributed by atoms with van der Waals surface area (Å²) in [5.41, 5.74) is 14.9. The number of benzene rings is 3. The fourth-order valence-corrected chi connectivity index (χ4v) is 3.02. The summed E-state index contributed by atoms with van der Waals surface area (Å²) in [4.78, 5) is 13.0. The molecule has 0 spiro atoms. The third-order valence-electron chi connectivity index (χ3n) is 4.66. The smallest absolute Gasteiger partial charge is 0.196 e. The van der Waals surface area contributed by atoms with E-state index in [0.717, 1.165) is 18.4 Å². The number of nitrogens with two attached hydrogens (primary N) is 2. The highest BCUT2D eigenvalue weighted by molar-refractivity contribution is 6.12. The van der Waals surface area contributed by atoms with E-state index in [-0.39, 0.29) is 11.6 Å². The number of hydrogen-bond acceptors (Lipinski definition) is 4. The van der Waals surface area contributed by atoms with Gasteiger partial charge < -0.3 is 16.2 Å². The van der Waals surface area contributed by atoms with Gasteiger partial charge in [-0.25, -0.2) is 0 Å². The van der Waals surface area contributed by atoms with E-state index in [2.05, 4.69) is 12.1 Å². The number of nitrogen functional groups attached to an aromatic ring is 1. The van der Waals surface area contributed by atoms with Crippen molar-refractivity contribution in [2.24, 2.45) is 11.5 Å². The Bertz CT molecular complexity index is 983. The van der Waals surface area contributed by atoms with Gasteiger partial charge in [0.1, 0.15) is 18.2 Å². The maximum atomic E-state index is 13.0. The Morgan fingerprint density at radius 2 is 1.59 bits per heavy atom. The van der Waals surface area contributed by atoms with Crippen LogP contribution in [0.4, 0.5) is 0 Å². The van der Waals surface area contributed by atoms with Crippen molar-refractivity contribution in [3.8, 4) is 5.75 Å². The van der Waals surface area contributed by atoms with Gasteiger partial charge in [-0.05, 0) is 48.7 Å². The van der Waals surface area contributed by atoms with E-state index in [0.29, 0.717) is 35.6 Å². The largest absolute Gasteiger partial charge is 0.488 e. The number of carbonyl (C=O) groups excluding carboxylic acids is 1. The minimum atomic E-state index is -0.166. The Labute approximate surface area is 170 Å². The number of nitrogens with one attached hydrogen (secondary N) is 1. The molecule has 148 valence electrons. The van der Waals surface area contributed by atoms with Gasteiger partial charge in [0, 0.05) is 11.1 Å². The summed E-state index contributed by atoms with van der Waals surface area (Å²) in [5.74, 6) is 0.212. The van der Waals surface area contributed by atoms with Crippen LogP contribution in [-0.4, -0.2) is 18.2 Å². The summed E-state index contributed by atoms with van der Waals surface area (Å²) in [6, 6.07) is 22.2. The maximum Gasteiger partial charge on any atom is 0.196 e. The molecule has 0 fully saturated rings. The monoisotopic (exact) mass is 387 g/mol. The molecular weight excluding hydrogens is 362 g/mol. The fraction of sp³-hybridized carbons (Fsp3) is 0.167. The first-order valence-electron chi connectivity index (χ1n) is 9.57. The van der Waals surface area contributed by atoms with Gasteiger partial charge in [0.15, 0.2) is 5.78 Å². The average Bonchev–Trinajstić information content (AvgIpc) is 2.77. The van der Waals surface area contributed by atoms with Crippen molar-refractivity contribution in [3.05, 3.63) is 101 Å². The third-order valence-corrected chi connectivity index (χ3v) is 4.66. The first-order chi connectivity index (χ1) is 14.1. The standard InChI is InChI=1S/C24H25N3O2/c25-14-4-5-17-8-10-18(11-9-17)16-29-22-13-12-20(24(26)27)15-21(22)23(28)19-6-2-1-3-7-19/h1-3,6-13,15H,4-5,14,16,25H2,(H3,26,27). The highest BCUT2D eigenvalue weighted by Gasteiger charge is 2.16. The fourth-order valence-electron chi connectivity index (χ4n) is 3.02. The van der Waals surface area contributed by atoms with E-state index < -0.39 is 0 Å². The van der Waals surface area contributed by atoms with Gasteiger partial charge in [-0.15, -0.1) is 0 Å². The Morgan fingerprint density at radius 3 is 2.24 bits per heavy atom. The minimum Gasteiger partial charge on any atom is -0.488 e. The number of rotatable bonds is 9. The normalized spacial score (nSPS) is 10.5. The van der Waals surface area contributed by atoms with Crippen LogP contribution in [0.2, 0.25) is 0 Å². The van der Waals surface area contributed by atoms with Crippen molar-refractivity contribution >= 4 is 11.6 Å². The summed E-state index contributed by atoms with van der Waals surface area (Å²) in [6.07, 6.45) is 1.92. The summed E-state index contributed by atoms with van der Waals surface area (Å²) in [6.45, 7) is 1.02. The number of ketones is 1. The van der Waals surface area contributed by atoms with Crippen molar-refractivity contribution in [2.45, 2.75) is 19.4 Å². The molecule has 5 heteroatoms. The lowest BCUT2D eigenvalue weighted by atomic mass is 10.00. The van der Waals surface area contributed by atoms with Gasteiger partial charge in [-0.2, -0.15) is 0 Å². The van der Waals surface area contributed by atoms with Crippen molar-refractivity contribution in [3.63, 3.8) is 0 Å². The molecule has 5 N–H and O–H groups in total. The van der Waals surface area contributed by atoms with Crippen LogP contribution in [0.1, 0.15) is 39.0 Å². The Hall–Kier alpha value is -3.44. The number of aryl methyl sites for hydroxylation is 1. The van der Waals surface area contributed by atoms with Crippen LogP contribution in [0.25, 0.3) is 0 Å². The molecule has 0 saturated carbocycles. The lowest BCUT2D eigenvalue weighted by Gasteiger charge is -2.13. The molecule has 0 saturated heterocycles. The van der Waals surface area contributed by atoms with Crippen molar-refractivity contribution < 1.29 is 9.53 Å². The van der Waals surface area contributed by atoms with Crippen LogP contribution >= 0.6 is 0 Å². The van der Waals surface area contributed by atoms with Gasteiger partial charge >= 0.3 is 0 Å². The predicted molar refractivity (Wildman–Crippen MR) is 115 cm³/mol. The molecule has 0 amide bonds. The van der Waals surface area contributed by atoms with Crippen LogP contribution in [0, 0.1) is 5.41 Å². The van der Waals surface area contributed by atoms with Crippen LogP contribution in [-0.2, 0) is 13.0 Å². The van der Waals surface area contributed by atoms with Crippen molar-refractivity contribution in [2.75, 3.05) is 6.54 Å². The molecule has 0 atom stereocenters. The van der Waals surface area contributed by atoms with E-state index in [4.69, 9.17) is 21.6 Å². The molecule has 0 aliphatic rings. The summed E-state index contributed by atoms with van der Waals surface area (Å²) >= 11 is 0. The molecule has 0 aliphatic carbocycles. The second kappa shape index (κ2) is 9.66. The molecular formula is C24H25N3O2. The van der Waals surface area contributed by atoms with Gasteiger partial charge in [0.25, 0.3) is 0 Å². The molecule has 0 aliphatic heterocycles. The highest BCUT2D eigenvalue weighted by atomic mass is 16.5. The maximum absolute atomic E-state index is 13.0. The number of ether oxygens (including phenoxy) is 1. The summed E-state index contributed by atoms with van der Waals surface area (Å²) in [5, 5.41) is 7.67. The van der Waals surface area contributed by atoms with Gasteiger partial charge in [-0.1, -0.05) is 54.6 Å². The van der Waals surface area contributed by atoms with Gasteiger partial charge in [0.05, 0.1) is 5.56 Å². The van der Waals surface area contributed by atoms with Gasteiger partial charge in [0.2, 0.25) is 0 Å². The molecule has 0 heterocycles. The summed E-state index contributed by atoms with van der Waals surface area (Å²) in [7, 11) is 0. The first kappa shape index (κ1) is 20.3. The van der Waals surface area contributed by atoms with Crippen LogP contribution in [0.3, 0.4) is 0 Å². The number of amidine groups is 1. The summed E-state index contributed by atoms with van der Waals surface area (Å²) < 4.78 is 5.97. The molecule has 5 nitrogen and oxygen atoms in total. The van der Waals surface area contributed by atoms with E-state index in [1.165, 1.54) is 5.56 Å². The molecule has 3 aromatic carbocycles. The second-order valence-corrected chi connectivity index (χ2v) is 6.82. The van der Waals surface area contributed by atoms with Crippen molar-refractivity contribution in [1.29, 1.82) is 5.41 Å². The van der Waals surface area contributed by atoms with Gasteiger partial charge in [-0.3, -0.25) is 10.2 Å². The Kier molecular flexibility index (Phi) is 6.76. The SMILES string of the molecule is N=C(N)c1ccc(OCc2ccc(CCCN)cc2)c(C(=O)c2ccccc2)c1. The van der Waals surface area contributed by atoms with Crippen LogP contribution in [0.5, 0.6) is 5.75 Å².